The molecule has 0 atom stereocenters. The number of anilines is 1. The van der Waals surface area contributed by atoms with Crippen molar-refractivity contribution in [3.63, 3.8) is 0 Å². The highest BCUT2D eigenvalue weighted by atomic mass is 16.3. The summed E-state index contributed by atoms with van der Waals surface area (Å²) in [6.07, 6.45) is 3.57. The van der Waals surface area contributed by atoms with Crippen LogP contribution in [0.5, 0.6) is 5.75 Å². The molecule has 0 saturated carbocycles. The van der Waals surface area contributed by atoms with Gasteiger partial charge in [-0.1, -0.05) is 30.3 Å². The summed E-state index contributed by atoms with van der Waals surface area (Å²) in [5.74, 6) is -0.239. The van der Waals surface area contributed by atoms with Crippen molar-refractivity contribution in [1.82, 2.24) is 5.43 Å². The number of phenols is 1. The van der Waals surface area contributed by atoms with Gasteiger partial charge in [-0.25, -0.2) is 5.43 Å². The van der Waals surface area contributed by atoms with Gasteiger partial charge in [-0.2, -0.15) is 5.10 Å². The SMILES string of the molecule is O=C(CCC(=O)N1CCCc2ccccc21)NN=Cc1cccc(O)c1. The average Bonchev–Trinajstić information content (AvgIpc) is 2.66. The molecule has 134 valence electrons. The van der Waals surface area contributed by atoms with Crippen LogP contribution >= 0.6 is 0 Å². The molecule has 0 fully saturated rings. The van der Waals surface area contributed by atoms with Crippen molar-refractivity contribution >= 4 is 23.7 Å². The number of carbonyl (C=O) groups excluding carboxylic acids is 2. The summed E-state index contributed by atoms with van der Waals surface area (Å²) < 4.78 is 0. The lowest BCUT2D eigenvalue weighted by Gasteiger charge is -2.29. The van der Waals surface area contributed by atoms with Crippen LogP contribution in [0.2, 0.25) is 0 Å². The van der Waals surface area contributed by atoms with Gasteiger partial charge in [-0.3, -0.25) is 9.59 Å². The topological polar surface area (TPSA) is 82.0 Å². The van der Waals surface area contributed by atoms with E-state index in [-0.39, 0.29) is 30.4 Å². The summed E-state index contributed by atoms with van der Waals surface area (Å²) in [6.45, 7) is 0.688. The third-order valence-electron chi connectivity index (χ3n) is 4.25. The minimum absolute atomic E-state index is 0.0516. The number of hydrazone groups is 1. The molecule has 1 aliphatic rings. The lowest BCUT2D eigenvalue weighted by Crippen LogP contribution is -2.36. The monoisotopic (exact) mass is 351 g/mol. The number of hydrogen-bond donors (Lipinski definition) is 2. The molecule has 6 nitrogen and oxygen atoms in total. The van der Waals surface area contributed by atoms with Crippen LogP contribution in [-0.4, -0.2) is 29.7 Å². The van der Waals surface area contributed by atoms with Crippen molar-refractivity contribution in [2.75, 3.05) is 11.4 Å². The normalized spacial score (nSPS) is 13.5. The highest BCUT2D eigenvalue weighted by Crippen LogP contribution is 2.27. The fourth-order valence-corrected chi connectivity index (χ4v) is 2.99. The summed E-state index contributed by atoms with van der Waals surface area (Å²) in [6, 6.07) is 14.4. The van der Waals surface area contributed by atoms with Gasteiger partial charge in [0.1, 0.15) is 5.75 Å². The van der Waals surface area contributed by atoms with Crippen LogP contribution in [0, 0.1) is 0 Å². The molecule has 2 aromatic rings. The summed E-state index contributed by atoms with van der Waals surface area (Å²) >= 11 is 0. The van der Waals surface area contributed by atoms with Gasteiger partial charge in [0.05, 0.1) is 6.21 Å². The van der Waals surface area contributed by atoms with Crippen LogP contribution in [0.1, 0.15) is 30.4 Å². The van der Waals surface area contributed by atoms with E-state index in [4.69, 9.17) is 0 Å². The van der Waals surface area contributed by atoms with E-state index >= 15 is 0 Å². The maximum atomic E-state index is 12.5. The molecule has 0 aliphatic carbocycles. The summed E-state index contributed by atoms with van der Waals surface area (Å²) in [5.41, 5.74) is 5.20. The van der Waals surface area contributed by atoms with Crippen LogP contribution < -0.4 is 10.3 Å². The van der Waals surface area contributed by atoms with E-state index < -0.39 is 0 Å². The number of amides is 2. The average molecular weight is 351 g/mol. The Kier molecular flexibility index (Phi) is 5.63. The summed E-state index contributed by atoms with van der Waals surface area (Å²) in [4.78, 5) is 26.1. The number of para-hydroxylation sites is 1. The van der Waals surface area contributed by atoms with Crippen LogP contribution in [0.15, 0.2) is 53.6 Å². The highest BCUT2D eigenvalue weighted by Gasteiger charge is 2.22. The molecule has 0 saturated heterocycles. The minimum Gasteiger partial charge on any atom is -0.508 e. The molecular weight excluding hydrogens is 330 g/mol. The van der Waals surface area contributed by atoms with Crippen LogP contribution in [-0.2, 0) is 16.0 Å². The van der Waals surface area contributed by atoms with E-state index in [1.54, 1.807) is 23.1 Å². The van der Waals surface area contributed by atoms with Crippen LogP contribution in [0.25, 0.3) is 0 Å². The summed E-state index contributed by atoms with van der Waals surface area (Å²) in [7, 11) is 0. The molecule has 1 aliphatic heterocycles. The molecule has 2 aromatic carbocycles. The number of fused-ring (bicyclic) bond motifs is 1. The highest BCUT2D eigenvalue weighted by molar-refractivity contribution is 5.96. The first kappa shape index (κ1) is 17.7. The smallest absolute Gasteiger partial charge is 0.240 e. The molecule has 0 unspecified atom stereocenters. The Hall–Kier alpha value is -3.15. The molecule has 1 heterocycles. The molecule has 0 spiro atoms. The second-order valence-electron chi connectivity index (χ2n) is 6.17. The number of hydrogen-bond acceptors (Lipinski definition) is 4. The van der Waals surface area contributed by atoms with Crippen molar-refractivity contribution in [3.05, 3.63) is 59.7 Å². The molecule has 0 bridgehead atoms. The number of carbonyl (C=O) groups is 2. The van der Waals surface area contributed by atoms with Gasteiger partial charge in [0, 0.05) is 25.1 Å². The Balaban J connectivity index is 1.50. The standard InChI is InChI=1S/C20H21N3O3/c24-17-8-3-5-15(13-17)14-21-22-19(25)10-11-20(26)23-12-4-7-16-6-1-2-9-18(16)23/h1-3,5-6,8-9,13-14,24H,4,7,10-12H2,(H,22,25). The predicted octanol–water partition coefficient (Wildman–Crippen LogP) is 2.60. The molecule has 2 amide bonds. The maximum absolute atomic E-state index is 12.5. The fourth-order valence-electron chi connectivity index (χ4n) is 2.99. The quantitative estimate of drug-likeness (QED) is 0.642. The van der Waals surface area contributed by atoms with E-state index in [0.717, 1.165) is 18.5 Å². The number of aromatic hydroxyl groups is 1. The first-order valence-electron chi connectivity index (χ1n) is 8.63. The Morgan fingerprint density at radius 2 is 2.00 bits per heavy atom. The van der Waals surface area contributed by atoms with E-state index in [2.05, 4.69) is 10.5 Å². The zero-order valence-corrected chi connectivity index (χ0v) is 14.4. The van der Waals surface area contributed by atoms with Gasteiger partial charge in [0.15, 0.2) is 0 Å². The van der Waals surface area contributed by atoms with Gasteiger partial charge < -0.3 is 10.0 Å². The van der Waals surface area contributed by atoms with Crippen molar-refractivity contribution in [3.8, 4) is 5.75 Å². The van der Waals surface area contributed by atoms with Crippen LogP contribution in [0.4, 0.5) is 5.69 Å². The Morgan fingerprint density at radius 3 is 2.85 bits per heavy atom. The number of benzene rings is 2. The van der Waals surface area contributed by atoms with E-state index in [1.807, 2.05) is 24.3 Å². The van der Waals surface area contributed by atoms with Crippen molar-refractivity contribution < 1.29 is 14.7 Å². The molecule has 2 N–H and O–H groups in total. The third kappa shape index (κ3) is 4.47. The molecule has 6 heteroatoms. The second-order valence-corrected chi connectivity index (χ2v) is 6.17. The number of phenolic OH excluding ortho intramolecular Hbond substituents is 1. The maximum Gasteiger partial charge on any atom is 0.240 e. The fraction of sp³-hybridized carbons (Fsp3) is 0.250. The lowest BCUT2D eigenvalue weighted by atomic mass is 10.0. The van der Waals surface area contributed by atoms with Gasteiger partial charge in [-0.15, -0.1) is 0 Å². The number of nitrogens with zero attached hydrogens (tertiary/aromatic N) is 2. The molecular formula is C20H21N3O3. The minimum atomic E-state index is -0.319. The lowest BCUT2D eigenvalue weighted by molar-refractivity contribution is -0.125. The number of aryl methyl sites for hydroxylation is 1. The van der Waals surface area contributed by atoms with Gasteiger partial charge in [0.2, 0.25) is 11.8 Å². The third-order valence-corrected chi connectivity index (χ3v) is 4.25. The zero-order chi connectivity index (χ0) is 18.4. The molecule has 3 rings (SSSR count). The molecule has 0 radical (unpaired) electrons. The summed E-state index contributed by atoms with van der Waals surface area (Å²) in [5, 5.41) is 13.2. The largest absolute Gasteiger partial charge is 0.508 e. The Bertz CT molecular complexity index is 833. The molecule has 0 aromatic heterocycles. The Morgan fingerprint density at radius 1 is 1.15 bits per heavy atom. The number of nitrogens with one attached hydrogen (secondary N) is 1. The van der Waals surface area contributed by atoms with Crippen molar-refractivity contribution in [2.45, 2.75) is 25.7 Å². The van der Waals surface area contributed by atoms with Gasteiger partial charge in [0.25, 0.3) is 0 Å². The van der Waals surface area contributed by atoms with E-state index in [1.165, 1.54) is 17.8 Å². The predicted molar refractivity (Wildman–Crippen MR) is 100 cm³/mol. The van der Waals surface area contributed by atoms with Gasteiger partial charge >= 0.3 is 0 Å². The van der Waals surface area contributed by atoms with E-state index in [9.17, 15) is 14.7 Å². The first-order valence-corrected chi connectivity index (χ1v) is 8.63. The molecule has 26 heavy (non-hydrogen) atoms. The van der Waals surface area contributed by atoms with E-state index in [0.29, 0.717) is 12.1 Å². The second kappa shape index (κ2) is 8.29. The van der Waals surface area contributed by atoms with Gasteiger partial charge in [-0.05, 0) is 42.2 Å². The zero-order valence-electron chi connectivity index (χ0n) is 14.4. The van der Waals surface area contributed by atoms with Crippen molar-refractivity contribution in [2.24, 2.45) is 5.10 Å². The first-order chi connectivity index (χ1) is 12.6. The van der Waals surface area contributed by atoms with Crippen molar-refractivity contribution in [1.29, 1.82) is 0 Å². The Labute approximate surface area is 152 Å². The number of rotatable bonds is 5. The van der Waals surface area contributed by atoms with Crippen LogP contribution in [0.3, 0.4) is 0 Å².